The Morgan fingerprint density at radius 1 is 0.979 bits per heavy atom. The molecule has 0 saturated carbocycles. The SMILES string of the molecule is CCC(=O)CCCCC[C@@H]1NC(=O)[C@H]2CCCCN2C(=O)[C@H](C(C)CC)NC(=O)C(CC(=O)c2ccccc2N(C=O)OC)NC1=O. The standard InChI is InChI=1S/C34H49N5O8/c1-5-22(3)30-34(46)38-19-13-12-18-28(38)33(45)35-25(16-9-7-8-14-23(41)6-2)31(43)36-26(32(44)37-30)20-29(42)24-15-10-11-17-27(24)39(21-40)47-4/h10-11,15,17,21-22,25-26,28,30H,5-9,12-14,16,18-20H2,1-4H3,(H,35,45)(H,36,43)(H,37,44)/t22?,25-,26?,28+,30-/m0/s1. The van der Waals surface area contributed by atoms with Crippen molar-refractivity contribution in [3.63, 3.8) is 0 Å². The van der Waals surface area contributed by atoms with E-state index in [0.717, 1.165) is 11.5 Å². The van der Waals surface area contributed by atoms with Crippen molar-refractivity contribution < 1.29 is 38.4 Å². The molecule has 2 unspecified atom stereocenters. The molecule has 0 aliphatic carbocycles. The lowest BCUT2D eigenvalue weighted by Crippen LogP contribution is -2.64. The number of benzene rings is 1. The van der Waals surface area contributed by atoms with Crippen LogP contribution < -0.4 is 21.0 Å². The average Bonchev–Trinajstić information content (AvgIpc) is 3.08. The minimum atomic E-state index is -1.40. The predicted octanol–water partition coefficient (Wildman–Crippen LogP) is 2.61. The molecule has 5 amide bonds. The number of ketones is 2. The van der Waals surface area contributed by atoms with Gasteiger partial charge in [0.05, 0.1) is 12.8 Å². The highest BCUT2D eigenvalue weighted by atomic mass is 16.7. The number of fused-ring (bicyclic) bond motifs is 1. The molecule has 2 heterocycles. The van der Waals surface area contributed by atoms with Crippen LogP contribution in [0.15, 0.2) is 24.3 Å². The number of carbonyl (C=O) groups is 7. The van der Waals surface area contributed by atoms with E-state index in [1.807, 2.05) is 20.8 Å². The number of rotatable bonds is 15. The molecule has 5 atom stereocenters. The van der Waals surface area contributed by atoms with Crippen LogP contribution >= 0.6 is 0 Å². The number of amides is 5. The maximum absolute atomic E-state index is 14.0. The van der Waals surface area contributed by atoms with Gasteiger partial charge in [0.1, 0.15) is 30.0 Å². The highest BCUT2D eigenvalue weighted by Crippen LogP contribution is 2.24. The summed E-state index contributed by atoms with van der Waals surface area (Å²) in [5, 5.41) is 9.21. The molecule has 0 radical (unpaired) electrons. The average molecular weight is 656 g/mol. The molecule has 2 fully saturated rings. The number of anilines is 1. The van der Waals surface area contributed by atoms with Gasteiger partial charge in [0, 0.05) is 31.4 Å². The Labute approximate surface area is 276 Å². The molecule has 47 heavy (non-hydrogen) atoms. The number of piperidine rings is 1. The fourth-order valence-corrected chi connectivity index (χ4v) is 6.02. The first-order chi connectivity index (χ1) is 22.6. The number of nitrogens with one attached hydrogen (secondary N) is 3. The Kier molecular flexibility index (Phi) is 14.5. The Morgan fingerprint density at radius 3 is 2.36 bits per heavy atom. The van der Waals surface area contributed by atoms with Crippen LogP contribution in [0.3, 0.4) is 0 Å². The smallest absolute Gasteiger partial charge is 0.246 e. The van der Waals surface area contributed by atoms with Gasteiger partial charge in [-0.25, -0.2) is 0 Å². The molecule has 258 valence electrons. The van der Waals surface area contributed by atoms with Crippen LogP contribution in [0.2, 0.25) is 0 Å². The van der Waals surface area contributed by atoms with Crippen LogP contribution in [0.5, 0.6) is 0 Å². The first-order valence-corrected chi connectivity index (χ1v) is 16.7. The number of hydrogen-bond acceptors (Lipinski definition) is 8. The third-order valence-electron chi connectivity index (χ3n) is 9.10. The van der Waals surface area contributed by atoms with E-state index in [-0.39, 0.29) is 35.3 Å². The van der Waals surface area contributed by atoms with E-state index in [1.165, 1.54) is 24.1 Å². The number of carbonyl (C=O) groups excluding carboxylic acids is 7. The quantitative estimate of drug-likeness (QED) is 0.112. The van der Waals surface area contributed by atoms with Crippen molar-refractivity contribution in [3.05, 3.63) is 29.8 Å². The Morgan fingerprint density at radius 2 is 1.68 bits per heavy atom. The molecule has 3 rings (SSSR count). The maximum atomic E-state index is 14.0. The van der Waals surface area contributed by atoms with Gasteiger partial charge in [-0.3, -0.25) is 38.4 Å². The second kappa shape index (κ2) is 18.3. The minimum Gasteiger partial charge on any atom is -0.343 e. The van der Waals surface area contributed by atoms with Gasteiger partial charge in [-0.05, 0) is 50.2 Å². The fraction of sp³-hybridized carbons (Fsp3) is 0.618. The van der Waals surface area contributed by atoms with Gasteiger partial charge in [-0.15, -0.1) is 0 Å². The van der Waals surface area contributed by atoms with E-state index in [0.29, 0.717) is 64.3 Å². The molecule has 0 spiro atoms. The van der Waals surface area contributed by atoms with Crippen LogP contribution in [0.1, 0.15) is 102 Å². The van der Waals surface area contributed by atoms with Crippen molar-refractivity contribution in [2.45, 2.75) is 116 Å². The van der Waals surface area contributed by atoms with Crippen LogP contribution in [-0.2, 0) is 33.6 Å². The third kappa shape index (κ3) is 9.93. The Bertz CT molecular complexity index is 1300. The van der Waals surface area contributed by atoms with Gasteiger partial charge in [0.25, 0.3) is 0 Å². The molecule has 13 heteroatoms. The molecular weight excluding hydrogens is 606 g/mol. The van der Waals surface area contributed by atoms with Crippen LogP contribution in [0.4, 0.5) is 5.69 Å². The van der Waals surface area contributed by atoms with Gasteiger partial charge in [0.2, 0.25) is 30.0 Å². The second-order valence-electron chi connectivity index (χ2n) is 12.3. The van der Waals surface area contributed by atoms with E-state index >= 15 is 0 Å². The highest BCUT2D eigenvalue weighted by Gasteiger charge is 2.41. The lowest BCUT2D eigenvalue weighted by Gasteiger charge is -2.39. The van der Waals surface area contributed by atoms with Gasteiger partial charge in [-0.2, -0.15) is 5.06 Å². The van der Waals surface area contributed by atoms with E-state index in [4.69, 9.17) is 4.84 Å². The van der Waals surface area contributed by atoms with E-state index in [1.54, 1.807) is 12.1 Å². The summed E-state index contributed by atoms with van der Waals surface area (Å²) >= 11 is 0. The lowest BCUT2D eigenvalue weighted by molar-refractivity contribution is -0.147. The van der Waals surface area contributed by atoms with Crippen molar-refractivity contribution in [1.29, 1.82) is 0 Å². The summed E-state index contributed by atoms with van der Waals surface area (Å²) in [5.74, 6) is -2.87. The molecule has 1 aromatic carbocycles. The summed E-state index contributed by atoms with van der Waals surface area (Å²) in [6.07, 6.45) is 5.30. The van der Waals surface area contributed by atoms with Gasteiger partial charge in [-0.1, -0.05) is 52.2 Å². The number of hydrogen-bond donors (Lipinski definition) is 3. The van der Waals surface area contributed by atoms with Crippen LogP contribution in [-0.4, -0.2) is 84.3 Å². The molecule has 2 saturated heterocycles. The largest absolute Gasteiger partial charge is 0.343 e. The predicted molar refractivity (Wildman–Crippen MR) is 174 cm³/mol. The van der Waals surface area contributed by atoms with Crippen molar-refractivity contribution in [2.75, 3.05) is 18.7 Å². The summed E-state index contributed by atoms with van der Waals surface area (Å²) < 4.78 is 0. The maximum Gasteiger partial charge on any atom is 0.246 e. The summed E-state index contributed by atoms with van der Waals surface area (Å²) in [7, 11) is 1.27. The van der Waals surface area contributed by atoms with Gasteiger partial charge >= 0.3 is 0 Å². The zero-order valence-electron chi connectivity index (χ0n) is 27.9. The van der Waals surface area contributed by atoms with E-state index < -0.39 is 54.1 Å². The number of para-hydroxylation sites is 1. The van der Waals surface area contributed by atoms with Crippen molar-refractivity contribution >= 4 is 47.3 Å². The Balaban J connectivity index is 1.97. The molecule has 1 aromatic rings. The van der Waals surface area contributed by atoms with Crippen molar-refractivity contribution in [1.82, 2.24) is 20.9 Å². The van der Waals surface area contributed by atoms with Crippen LogP contribution in [0.25, 0.3) is 0 Å². The zero-order valence-corrected chi connectivity index (χ0v) is 27.9. The summed E-state index contributed by atoms with van der Waals surface area (Å²) in [6, 6.07) is 2.01. The molecule has 0 aromatic heterocycles. The monoisotopic (exact) mass is 655 g/mol. The highest BCUT2D eigenvalue weighted by molar-refractivity contribution is 6.06. The van der Waals surface area contributed by atoms with Gasteiger partial charge < -0.3 is 20.9 Å². The van der Waals surface area contributed by atoms with Crippen molar-refractivity contribution in [2.24, 2.45) is 5.92 Å². The third-order valence-corrected chi connectivity index (χ3v) is 9.10. The molecule has 2 aliphatic rings. The second-order valence-corrected chi connectivity index (χ2v) is 12.3. The molecule has 0 bridgehead atoms. The van der Waals surface area contributed by atoms with E-state index in [2.05, 4.69) is 16.0 Å². The first-order valence-electron chi connectivity index (χ1n) is 16.7. The van der Waals surface area contributed by atoms with E-state index in [9.17, 15) is 33.6 Å². The number of unbranched alkanes of at least 4 members (excludes halogenated alkanes) is 2. The normalized spacial score (nSPS) is 22.9. The van der Waals surface area contributed by atoms with Crippen LogP contribution in [0, 0.1) is 5.92 Å². The minimum absolute atomic E-state index is 0.0896. The zero-order chi connectivity index (χ0) is 34.5. The molecule has 3 N–H and O–H groups in total. The fourth-order valence-electron chi connectivity index (χ4n) is 6.02. The topological polar surface area (TPSA) is 171 Å². The Hall–Kier alpha value is -4.13. The summed E-state index contributed by atoms with van der Waals surface area (Å²) in [4.78, 5) is 99.0. The summed E-state index contributed by atoms with van der Waals surface area (Å²) in [6.45, 7) is 5.86. The van der Waals surface area contributed by atoms with Crippen molar-refractivity contribution in [3.8, 4) is 0 Å². The molecular formula is C34H49N5O8. The lowest BCUT2D eigenvalue weighted by atomic mass is 9.93. The van der Waals surface area contributed by atoms with Gasteiger partial charge in [0.15, 0.2) is 5.78 Å². The number of hydroxylamine groups is 1. The molecule has 13 nitrogen and oxygen atoms in total. The molecule has 2 aliphatic heterocycles. The summed E-state index contributed by atoms with van der Waals surface area (Å²) in [5.41, 5.74) is 0.247. The number of Topliss-reactive ketones (excluding diaryl/α,β-unsaturated/α-hetero) is 2. The first kappa shape index (κ1) is 37.3. The number of nitrogens with zero attached hydrogens (tertiary/aromatic N) is 2.